The minimum Gasteiger partial charge on any atom is -0.444 e. The Morgan fingerprint density at radius 1 is 1.03 bits per heavy atom. The number of morpholine rings is 1. The highest BCUT2D eigenvalue weighted by molar-refractivity contribution is 9.10. The summed E-state index contributed by atoms with van der Waals surface area (Å²) in [6.45, 7) is 3.11. The highest BCUT2D eigenvalue weighted by Crippen LogP contribution is 2.25. The molecule has 0 saturated carbocycles. The molecular formula is C24H23BrN2O4. The Kier molecular flexibility index (Phi) is 6.53. The zero-order valence-electron chi connectivity index (χ0n) is 17.1. The molecule has 0 aliphatic carbocycles. The number of furan rings is 1. The predicted octanol–water partition coefficient (Wildman–Crippen LogP) is 4.83. The average Bonchev–Trinajstić information content (AvgIpc) is 3.22. The van der Waals surface area contributed by atoms with Crippen molar-refractivity contribution in [1.29, 1.82) is 0 Å². The second kappa shape index (κ2) is 9.49. The van der Waals surface area contributed by atoms with E-state index >= 15 is 0 Å². The van der Waals surface area contributed by atoms with Crippen molar-refractivity contribution in [1.82, 2.24) is 4.90 Å². The quantitative estimate of drug-likeness (QED) is 0.565. The fourth-order valence-electron chi connectivity index (χ4n) is 3.63. The molecule has 0 bridgehead atoms. The fourth-order valence-corrected chi connectivity index (χ4v) is 3.93. The van der Waals surface area contributed by atoms with Crippen molar-refractivity contribution in [3.63, 3.8) is 0 Å². The topological polar surface area (TPSA) is 71.8 Å². The van der Waals surface area contributed by atoms with E-state index in [0.29, 0.717) is 29.9 Å². The van der Waals surface area contributed by atoms with Crippen LogP contribution in [0.15, 0.2) is 75.8 Å². The standard InChI is InChI=1S/C24H23BrN2O4/c1-16-14-27(15-21(30-16)18-5-3-2-4-6-18)23(28)13-17-7-9-19(10-8-17)26-24(29)20-11-12-22(25)31-20/h2-12,16,21H,13-15H2,1H3,(H,26,29). The molecule has 2 unspecified atom stereocenters. The van der Waals surface area contributed by atoms with Gasteiger partial charge in [-0.05, 0) is 58.2 Å². The summed E-state index contributed by atoms with van der Waals surface area (Å²) in [7, 11) is 0. The van der Waals surface area contributed by atoms with Gasteiger partial charge in [0.15, 0.2) is 10.4 Å². The van der Waals surface area contributed by atoms with Crippen LogP contribution in [0.3, 0.4) is 0 Å². The molecule has 0 radical (unpaired) electrons. The van der Waals surface area contributed by atoms with Gasteiger partial charge in [-0.2, -0.15) is 0 Å². The summed E-state index contributed by atoms with van der Waals surface area (Å²) in [5, 5.41) is 2.78. The Morgan fingerprint density at radius 2 is 1.77 bits per heavy atom. The van der Waals surface area contributed by atoms with Crippen LogP contribution in [0.25, 0.3) is 0 Å². The molecule has 1 aliphatic rings. The van der Waals surface area contributed by atoms with Crippen LogP contribution in [0.4, 0.5) is 5.69 Å². The van der Waals surface area contributed by atoms with Gasteiger partial charge in [0.05, 0.1) is 19.1 Å². The Hall–Kier alpha value is -2.90. The van der Waals surface area contributed by atoms with Crippen LogP contribution in [-0.2, 0) is 16.0 Å². The fraction of sp³-hybridized carbons (Fsp3) is 0.250. The van der Waals surface area contributed by atoms with Gasteiger partial charge in [0, 0.05) is 12.2 Å². The molecule has 31 heavy (non-hydrogen) atoms. The monoisotopic (exact) mass is 482 g/mol. The largest absolute Gasteiger partial charge is 0.444 e. The van der Waals surface area contributed by atoms with Crippen molar-refractivity contribution in [2.45, 2.75) is 25.6 Å². The first-order chi connectivity index (χ1) is 15.0. The highest BCUT2D eigenvalue weighted by Gasteiger charge is 2.29. The summed E-state index contributed by atoms with van der Waals surface area (Å²) in [4.78, 5) is 27.0. The summed E-state index contributed by atoms with van der Waals surface area (Å²) in [6.07, 6.45) is 0.156. The van der Waals surface area contributed by atoms with Crippen LogP contribution in [0.1, 0.15) is 34.7 Å². The van der Waals surface area contributed by atoms with E-state index in [0.717, 1.165) is 11.1 Å². The summed E-state index contributed by atoms with van der Waals surface area (Å²) < 4.78 is 11.8. The number of rotatable bonds is 5. The number of anilines is 1. The molecule has 7 heteroatoms. The third-order valence-corrected chi connectivity index (χ3v) is 5.57. The van der Waals surface area contributed by atoms with Gasteiger partial charge in [0.1, 0.15) is 6.10 Å². The predicted molar refractivity (Wildman–Crippen MR) is 121 cm³/mol. The maximum absolute atomic E-state index is 12.9. The number of nitrogens with zero attached hydrogens (tertiary/aromatic N) is 1. The number of benzene rings is 2. The smallest absolute Gasteiger partial charge is 0.291 e. The molecule has 6 nitrogen and oxygen atoms in total. The van der Waals surface area contributed by atoms with Crippen LogP contribution < -0.4 is 5.32 Å². The highest BCUT2D eigenvalue weighted by atomic mass is 79.9. The summed E-state index contributed by atoms with van der Waals surface area (Å²) in [6, 6.07) is 20.5. The third kappa shape index (κ3) is 5.42. The van der Waals surface area contributed by atoms with E-state index in [9.17, 15) is 9.59 Å². The van der Waals surface area contributed by atoms with Crippen LogP contribution >= 0.6 is 15.9 Å². The van der Waals surface area contributed by atoms with Crippen LogP contribution in [0, 0.1) is 0 Å². The molecule has 0 spiro atoms. The van der Waals surface area contributed by atoms with Crippen molar-refractivity contribution in [3.05, 3.63) is 88.3 Å². The lowest BCUT2D eigenvalue weighted by atomic mass is 10.1. The van der Waals surface area contributed by atoms with Crippen molar-refractivity contribution >= 4 is 33.4 Å². The van der Waals surface area contributed by atoms with Gasteiger partial charge in [-0.15, -0.1) is 0 Å². The third-order valence-electron chi connectivity index (χ3n) is 5.15. The van der Waals surface area contributed by atoms with Crippen molar-refractivity contribution in [2.24, 2.45) is 0 Å². The molecule has 1 fully saturated rings. The zero-order chi connectivity index (χ0) is 21.8. The lowest BCUT2D eigenvalue weighted by Crippen LogP contribution is -2.46. The van der Waals surface area contributed by atoms with E-state index in [2.05, 4.69) is 21.2 Å². The number of carbonyl (C=O) groups is 2. The molecular weight excluding hydrogens is 460 g/mol. The molecule has 1 aromatic heterocycles. The molecule has 2 amide bonds. The van der Waals surface area contributed by atoms with E-state index in [-0.39, 0.29) is 29.8 Å². The molecule has 4 rings (SSSR count). The number of hydrogen-bond acceptors (Lipinski definition) is 4. The second-order valence-corrected chi connectivity index (χ2v) is 8.36. The molecule has 2 heterocycles. The molecule has 160 valence electrons. The van der Waals surface area contributed by atoms with Gasteiger partial charge < -0.3 is 19.4 Å². The van der Waals surface area contributed by atoms with Crippen molar-refractivity contribution in [3.8, 4) is 0 Å². The average molecular weight is 483 g/mol. The van der Waals surface area contributed by atoms with E-state index in [1.165, 1.54) is 0 Å². The molecule has 2 atom stereocenters. The minimum atomic E-state index is -0.330. The maximum Gasteiger partial charge on any atom is 0.291 e. The molecule has 1 aliphatic heterocycles. The Morgan fingerprint density at radius 3 is 2.45 bits per heavy atom. The zero-order valence-corrected chi connectivity index (χ0v) is 18.7. The second-order valence-electron chi connectivity index (χ2n) is 7.58. The molecule has 1 N–H and O–H groups in total. The normalized spacial score (nSPS) is 18.6. The first kappa shape index (κ1) is 21.3. The van der Waals surface area contributed by atoms with E-state index in [1.54, 1.807) is 24.3 Å². The van der Waals surface area contributed by atoms with E-state index in [1.807, 2.05) is 54.3 Å². The lowest BCUT2D eigenvalue weighted by Gasteiger charge is -2.37. The number of hydrogen-bond donors (Lipinski definition) is 1. The molecule has 1 saturated heterocycles. The van der Waals surface area contributed by atoms with Crippen LogP contribution in [0.5, 0.6) is 0 Å². The van der Waals surface area contributed by atoms with Gasteiger partial charge in [-0.3, -0.25) is 9.59 Å². The first-order valence-corrected chi connectivity index (χ1v) is 10.9. The Balaban J connectivity index is 1.36. The lowest BCUT2D eigenvalue weighted by molar-refractivity contribution is -0.144. The molecule has 2 aromatic carbocycles. The van der Waals surface area contributed by atoms with Crippen LogP contribution in [0.2, 0.25) is 0 Å². The SMILES string of the molecule is CC1CN(C(=O)Cc2ccc(NC(=O)c3ccc(Br)o3)cc2)CC(c2ccccc2)O1. The van der Waals surface area contributed by atoms with Crippen molar-refractivity contribution < 1.29 is 18.7 Å². The van der Waals surface area contributed by atoms with Crippen LogP contribution in [-0.4, -0.2) is 35.9 Å². The number of nitrogens with one attached hydrogen (secondary N) is 1. The number of amides is 2. The molecule has 3 aromatic rings. The first-order valence-electron chi connectivity index (χ1n) is 10.1. The van der Waals surface area contributed by atoms with E-state index in [4.69, 9.17) is 9.15 Å². The minimum absolute atomic E-state index is 0.0258. The van der Waals surface area contributed by atoms with E-state index < -0.39 is 0 Å². The Bertz CT molecular complexity index is 1050. The number of carbonyl (C=O) groups excluding carboxylic acids is 2. The summed E-state index contributed by atoms with van der Waals surface area (Å²) in [5.74, 6) is -0.0439. The number of ether oxygens (including phenoxy) is 1. The van der Waals surface area contributed by atoms with Gasteiger partial charge in [0.2, 0.25) is 5.91 Å². The van der Waals surface area contributed by atoms with Gasteiger partial charge >= 0.3 is 0 Å². The summed E-state index contributed by atoms with van der Waals surface area (Å²) >= 11 is 3.18. The summed E-state index contributed by atoms with van der Waals surface area (Å²) in [5.41, 5.74) is 2.60. The van der Waals surface area contributed by atoms with Gasteiger partial charge in [0.25, 0.3) is 5.91 Å². The Labute approximate surface area is 189 Å². The van der Waals surface area contributed by atoms with Gasteiger partial charge in [-0.1, -0.05) is 42.5 Å². The number of halogens is 1. The van der Waals surface area contributed by atoms with Gasteiger partial charge in [-0.25, -0.2) is 0 Å². The maximum atomic E-state index is 12.9. The van der Waals surface area contributed by atoms with Crippen molar-refractivity contribution in [2.75, 3.05) is 18.4 Å².